The largest absolute Gasteiger partial charge is 0.492 e. The Bertz CT molecular complexity index is 937. The van der Waals surface area contributed by atoms with Crippen molar-refractivity contribution in [3.63, 3.8) is 0 Å². The maximum Gasteiger partial charge on any atom is 0.149 e. The number of fused-ring (bicyclic) bond motifs is 1. The minimum atomic E-state index is 0.477. The van der Waals surface area contributed by atoms with E-state index in [4.69, 9.17) is 4.74 Å². The van der Waals surface area contributed by atoms with E-state index >= 15 is 0 Å². The van der Waals surface area contributed by atoms with Crippen molar-refractivity contribution in [1.29, 1.82) is 5.26 Å². The van der Waals surface area contributed by atoms with Crippen molar-refractivity contribution >= 4 is 67.9 Å². The maximum atomic E-state index is 9.60. The Hall–Kier alpha value is -1.60. The number of hydrogen-bond acceptors (Lipinski definition) is 3. The van der Waals surface area contributed by atoms with E-state index in [0.29, 0.717) is 18.0 Å². The SMILES string of the molecule is CCOc1c(I)cc(I)cc1/C=C(/C#N)c1nc2ccccc2[nH]1. The molecule has 3 rings (SSSR count). The van der Waals surface area contributed by atoms with Gasteiger partial charge in [-0.1, -0.05) is 12.1 Å². The number of aromatic nitrogens is 2. The van der Waals surface area contributed by atoms with Gasteiger partial charge >= 0.3 is 0 Å². The highest BCUT2D eigenvalue weighted by atomic mass is 127. The number of nitrogens with one attached hydrogen (secondary N) is 1. The van der Waals surface area contributed by atoms with Crippen LogP contribution in [0.25, 0.3) is 22.7 Å². The zero-order chi connectivity index (χ0) is 17.1. The van der Waals surface area contributed by atoms with Crippen LogP contribution in [-0.2, 0) is 0 Å². The fraction of sp³-hybridized carbons (Fsp3) is 0.111. The second-order valence-corrected chi connectivity index (χ2v) is 7.42. The van der Waals surface area contributed by atoms with Crippen molar-refractivity contribution in [2.24, 2.45) is 0 Å². The first-order valence-corrected chi connectivity index (χ1v) is 9.47. The molecule has 0 spiro atoms. The van der Waals surface area contributed by atoms with Crippen molar-refractivity contribution in [1.82, 2.24) is 9.97 Å². The van der Waals surface area contributed by atoms with Crippen molar-refractivity contribution in [2.75, 3.05) is 6.61 Å². The van der Waals surface area contributed by atoms with E-state index in [1.807, 2.05) is 43.3 Å². The van der Waals surface area contributed by atoms with E-state index in [9.17, 15) is 5.26 Å². The van der Waals surface area contributed by atoms with Crippen LogP contribution < -0.4 is 4.74 Å². The van der Waals surface area contributed by atoms with E-state index in [1.165, 1.54) is 0 Å². The summed E-state index contributed by atoms with van der Waals surface area (Å²) in [5.41, 5.74) is 3.11. The molecule has 0 bridgehead atoms. The van der Waals surface area contributed by atoms with Gasteiger partial charge in [0.15, 0.2) is 0 Å². The normalized spacial score (nSPS) is 11.5. The summed E-state index contributed by atoms with van der Waals surface area (Å²) in [5, 5.41) is 9.60. The van der Waals surface area contributed by atoms with Gasteiger partial charge < -0.3 is 9.72 Å². The van der Waals surface area contributed by atoms with Crippen molar-refractivity contribution in [2.45, 2.75) is 6.92 Å². The average molecular weight is 541 g/mol. The number of allylic oxidation sites excluding steroid dienone is 1. The van der Waals surface area contributed by atoms with Crippen LogP contribution in [0.5, 0.6) is 5.75 Å². The molecule has 1 N–H and O–H groups in total. The monoisotopic (exact) mass is 541 g/mol. The summed E-state index contributed by atoms with van der Waals surface area (Å²) in [6.45, 7) is 2.52. The number of hydrogen-bond donors (Lipinski definition) is 1. The van der Waals surface area contributed by atoms with Gasteiger partial charge in [-0.2, -0.15) is 5.26 Å². The molecule has 0 unspecified atom stereocenters. The zero-order valence-corrected chi connectivity index (χ0v) is 17.1. The van der Waals surface area contributed by atoms with Gasteiger partial charge in [0.05, 0.1) is 26.8 Å². The van der Waals surface area contributed by atoms with Crippen LogP contribution in [0, 0.1) is 18.5 Å². The summed E-state index contributed by atoms with van der Waals surface area (Å²) in [5.74, 6) is 1.36. The molecule has 0 saturated carbocycles. The van der Waals surface area contributed by atoms with Gasteiger partial charge in [0.25, 0.3) is 0 Å². The van der Waals surface area contributed by atoms with Crippen molar-refractivity contribution in [3.8, 4) is 11.8 Å². The summed E-state index contributed by atoms with van der Waals surface area (Å²) < 4.78 is 7.88. The summed E-state index contributed by atoms with van der Waals surface area (Å²) in [6.07, 6.45) is 1.83. The summed E-state index contributed by atoms with van der Waals surface area (Å²) in [4.78, 5) is 7.71. The third kappa shape index (κ3) is 3.57. The van der Waals surface area contributed by atoms with Gasteiger partial charge in [0.2, 0.25) is 0 Å². The Morgan fingerprint density at radius 2 is 2.12 bits per heavy atom. The number of imidazole rings is 1. The molecule has 0 amide bonds. The second kappa shape index (κ2) is 7.53. The summed E-state index contributed by atoms with van der Waals surface area (Å²) in [7, 11) is 0. The second-order valence-electron chi connectivity index (χ2n) is 5.01. The van der Waals surface area contributed by atoms with Gasteiger partial charge in [-0.05, 0) is 82.4 Å². The average Bonchev–Trinajstić information content (AvgIpc) is 2.99. The number of nitrogens with zero attached hydrogens (tertiary/aromatic N) is 2. The molecule has 0 aliphatic heterocycles. The minimum absolute atomic E-state index is 0.477. The van der Waals surface area contributed by atoms with E-state index in [2.05, 4.69) is 67.3 Å². The molecule has 3 aromatic rings. The number of para-hydroxylation sites is 2. The lowest BCUT2D eigenvalue weighted by molar-refractivity contribution is 0.337. The smallest absolute Gasteiger partial charge is 0.149 e. The van der Waals surface area contributed by atoms with Gasteiger partial charge in [-0.25, -0.2) is 4.98 Å². The lowest BCUT2D eigenvalue weighted by Crippen LogP contribution is -1.98. The third-order valence-electron chi connectivity index (χ3n) is 3.39. The molecule has 0 atom stereocenters. The van der Waals surface area contributed by atoms with Crippen LogP contribution in [0.4, 0.5) is 0 Å². The maximum absolute atomic E-state index is 9.60. The van der Waals surface area contributed by atoms with Crippen LogP contribution in [0.2, 0.25) is 0 Å². The molecule has 1 aromatic heterocycles. The highest BCUT2D eigenvalue weighted by Gasteiger charge is 2.12. The van der Waals surface area contributed by atoms with Gasteiger partial charge in [-0.3, -0.25) is 0 Å². The number of nitriles is 1. The fourth-order valence-corrected chi connectivity index (χ4v) is 4.42. The summed E-state index contributed by atoms with van der Waals surface area (Å²) in [6, 6.07) is 14.0. The Morgan fingerprint density at radius 3 is 2.83 bits per heavy atom. The lowest BCUT2D eigenvalue weighted by Gasteiger charge is -2.10. The molecule has 2 aromatic carbocycles. The van der Waals surface area contributed by atoms with Crippen molar-refractivity contribution < 1.29 is 4.74 Å². The molecule has 24 heavy (non-hydrogen) atoms. The molecule has 0 fully saturated rings. The van der Waals surface area contributed by atoms with Crippen LogP contribution in [0.3, 0.4) is 0 Å². The van der Waals surface area contributed by atoms with Crippen LogP contribution in [0.1, 0.15) is 18.3 Å². The predicted octanol–water partition coefficient (Wildman–Crippen LogP) is 5.23. The Labute approximate surface area is 167 Å². The van der Waals surface area contributed by atoms with Crippen LogP contribution in [0.15, 0.2) is 36.4 Å². The Morgan fingerprint density at radius 1 is 1.33 bits per heavy atom. The zero-order valence-electron chi connectivity index (χ0n) is 12.8. The number of rotatable bonds is 4. The molecule has 0 aliphatic rings. The van der Waals surface area contributed by atoms with Gasteiger partial charge in [-0.15, -0.1) is 0 Å². The first-order valence-electron chi connectivity index (χ1n) is 7.31. The standard InChI is InChI=1S/C18H13I2N3O/c1-2-24-17-11(8-13(19)9-14(17)20)7-12(10-21)18-22-15-5-3-4-6-16(15)23-18/h3-9H,2H2,1H3,(H,22,23)/b12-7-. The van der Waals surface area contributed by atoms with E-state index in [-0.39, 0.29) is 0 Å². The van der Waals surface area contributed by atoms with Crippen LogP contribution >= 0.6 is 45.2 Å². The minimum Gasteiger partial charge on any atom is -0.492 e. The van der Waals surface area contributed by atoms with E-state index in [0.717, 1.165) is 29.5 Å². The Kier molecular flexibility index (Phi) is 5.40. The fourth-order valence-electron chi connectivity index (χ4n) is 2.37. The molecule has 120 valence electrons. The topological polar surface area (TPSA) is 61.7 Å². The number of aromatic amines is 1. The van der Waals surface area contributed by atoms with E-state index < -0.39 is 0 Å². The first kappa shape index (κ1) is 17.2. The highest BCUT2D eigenvalue weighted by molar-refractivity contribution is 14.1. The van der Waals surface area contributed by atoms with Crippen molar-refractivity contribution in [3.05, 3.63) is 54.9 Å². The van der Waals surface area contributed by atoms with Crippen LogP contribution in [-0.4, -0.2) is 16.6 Å². The molecule has 1 heterocycles. The summed E-state index contributed by atoms with van der Waals surface area (Å²) >= 11 is 4.52. The molecule has 0 saturated heterocycles. The molecule has 0 radical (unpaired) electrons. The molecule has 0 aliphatic carbocycles. The molecule has 4 nitrogen and oxygen atoms in total. The molecular formula is C18H13I2N3O. The van der Waals surface area contributed by atoms with Gasteiger partial charge in [0.1, 0.15) is 17.6 Å². The Balaban J connectivity index is 2.13. The molecule has 6 heteroatoms. The van der Waals surface area contributed by atoms with E-state index in [1.54, 1.807) is 0 Å². The number of ether oxygens (including phenoxy) is 1. The molecular weight excluding hydrogens is 528 g/mol. The first-order chi connectivity index (χ1) is 11.6. The highest BCUT2D eigenvalue weighted by Crippen LogP contribution is 2.31. The third-order valence-corrected chi connectivity index (χ3v) is 4.81. The lowest BCUT2D eigenvalue weighted by atomic mass is 10.1. The number of halogens is 2. The number of benzene rings is 2. The van der Waals surface area contributed by atoms with Gasteiger partial charge in [0, 0.05) is 9.13 Å². The number of H-pyrrole nitrogens is 1. The predicted molar refractivity (Wildman–Crippen MR) is 113 cm³/mol. The quantitative estimate of drug-likeness (QED) is 0.364.